The number of ether oxygens (including phenoxy) is 2. The zero-order valence-electron chi connectivity index (χ0n) is 13.0. The first-order chi connectivity index (χ1) is 9.75. The van der Waals surface area contributed by atoms with Gasteiger partial charge in [-0.3, -0.25) is 0 Å². The molecular weight excluding hydrogens is 272 g/mol. The second-order valence-electron chi connectivity index (χ2n) is 5.78. The van der Waals surface area contributed by atoms with E-state index < -0.39 is 11.7 Å². The minimum atomic E-state index is -0.568. The van der Waals surface area contributed by atoms with Crippen molar-refractivity contribution in [3.63, 3.8) is 0 Å². The summed E-state index contributed by atoms with van der Waals surface area (Å²) >= 11 is 0. The number of hydrogen-bond donors (Lipinski definition) is 3. The summed E-state index contributed by atoms with van der Waals surface area (Å²) in [6.07, 6.45) is -0.140. The Kier molecular flexibility index (Phi) is 5.84. The summed E-state index contributed by atoms with van der Waals surface area (Å²) in [5, 5.41) is 12.6. The molecule has 0 bridgehead atoms. The van der Waals surface area contributed by atoms with Gasteiger partial charge in [-0.15, -0.1) is 0 Å². The van der Waals surface area contributed by atoms with Crippen LogP contribution in [0.4, 0.5) is 4.79 Å². The first-order valence-electron chi connectivity index (χ1n) is 6.80. The highest BCUT2D eigenvalue weighted by atomic mass is 16.6. The third-order valence-electron chi connectivity index (χ3n) is 2.76. The number of nitrogens with one attached hydrogen (secondary N) is 1. The Morgan fingerprint density at radius 1 is 1.43 bits per heavy atom. The lowest BCUT2D eigenvalue weighted by Gasteiger charge is -2.23. The minimum absolute atomic E-state index is 0.139. The van der Waals surface area contributed by atoms with E-state index in [1.54, 1.807) is 46.1 Å². The highest BCUT2D eigenvalue weighted by molar-refractivity contribution is 5.68. The summed E-state index contributed by atoms with van der Waals surface area (Å²) in [6.45, 7) is 5.60. The molecule has 1 amide bonds. The molecule has 1 aromatic carbocycles. The molecule has 0 aliphatic rings. The van der Waals surface area contributed by atoms with Gasteiger partial charge in [0.1, 0.15) is 17.1 Å². The second-order valence-corrected chi connectivity index (χ2v) is 5.78. The second kappa shape index (κ2) is 7.17. The van der Waals surface area contributed by atoms with Crippen molar-refractivity contribution in [2.45, 2.75) is 38.8 Å². The fraction of sp³-hybridized carbons (Fsp3) is 0.533. The largest absolute Gasteiger partial charge is 0.508 e. The summed E-state index contributed by atoms with van der Waals surface area (Å²) < 4.78 is 10.3. The van der Waals surface area contributed by atoms with Gasteiger partial charge in [0.15, 0.2) is 0 Å². The molecule has 4 N–H and O–H groups in total. The van der Waals surface area contributed by atoms with Crippen molar-refractivity contribution in [3.8, 4) is 11.5 Å². The van der Waals surface area contributed by atoms with Crippen molar-refractivity contribution in [1.29, 1.82) is 0 Å². The molecule has 1 unspecified atom stereocenters. The third-order valence-corrected chi connectivity index (χ3v) is 2.76. The molecule has 118 valence electrons. The molecular formula is C15H24N2O4. The number of hydrogen-bond acceptors (Lipinski definition) is 5. The Bertz CT molecular complexity index is 483. The zero-order valence-corrected chi connectivity index (χ0v) is 13.0. The van der Waals surface area contributed by atoms with Crippen LogP contribution in [0.1, 0.15) is 26.3 Å². The Balaban J connectivity index is 2.72. The van der Waals surface area contributed by atoms with E-state index in [1.807, 2.05) is 0 Å². The van der Waals surface area contributed by atoms with Crippen LogP contribution in [-0.4, -0.2) is 36.5 Å². The molecule has 6 nitrogen and oxygen atoms in total. The van der Waals surface area contributed by atoms with Crippen LogP contribution < -0.4 is 15.8 Å². The van der Waals surface area contributed by atoms with Crippen LogP contribution in [0.3, 0.4) is 0 Å². The van der Waals surface area contributed by atoms with Crippen LogP contribution >= 0.6 is 0 Å². The number of carbonyl (C=O) groups excluding carboxylic acids is 1. The van der Waals surface area contributed by atoms with Crippen molar-refractivity contribution < 1.29 is 19.4 Å². The summed E-state index contributed by atoms with van der Waals surface area (Å²) in [5.74, 6) is 0.774. The monoisotopic (exact) mass is 296 g/mol. The van der Waals surface area contributed by atoms with E-state index in [2.05, 4.69) is 5.32 Å². The molecule has 0 aliphatic carbocycles. The number of benzene rings is 1. The summed E-state index contributed by atoms with van der Waals surface area (Å²) in [6, 6.07) is 4.60. The van der Waals surface area contributed by atoms with E-state index in [0.29, 0.717) is 17.7 Å². The molecule has 0 spiro atoms. The van der Waals surface area contributed by atoms with Crippen molar-refractivity contribution in [2.24, 2.45) is 5.73 Å². The molecule has 0 fully saturated rings. The van der Waals surface area contributed by atoms with Gasteiger partial charge in [0.2, 0.25) is 0 Å². The van der Waals surface area contributed by atoms with Gasteiger partial charge >= 0.3 is 6.09 Å². The number of aromatic hydroxyl groups is 1. The number of phenols is 1. The van der Waals surface area contributed by atoms with Crippen molar-refractivity contribution >= 4 is 6.09 Å². The Morgan fingerprint density at radius 2 is 2.10 bits per heavy atom. The van der Waals surface area contributed by atoms with E-state index in [-0.39, 0.29) is 18.3 Å². The van der Waals surface area contributed by atoms with Crippen molar-refractivity contribution in [1.82, 2.24) is 5.32 Å². The number of nitrogens with two attached hydrogens (primary N) is 1. The molecule has 0 aliphatic heterocycles. The van der Waals surface area contributed by atoms with Crippen LogP contribution in [0.15, 0.2) is 18.2 Å². The van der Waals surface area contributed by atoms with Crippen LogP contribution in [0.25, 0.3) is 0 Å². The Morgan fingerprint density at radius 3 is 2.62 bits per heavy atom. The molecule has 1 aromatic rings. The summed E-state index contributed by atoms with van der Waals surface area (Å²) in [5.41, 5.74) is 5.76. The van der Waals surface area contributed by atoms with E-state index in [1.165, 1.54) is 0 Å². The molecule has 0 aromatic heterocycles. The average molecular weight is 296 g/mol. The molecule has 0 saturated carbocycles. The van der Waals surface area contributed by atoms with Crippen LogP contribution in [0.2, 0.25) is 0 Å². The molecule has 21 heavy (non-hydrogen) atoms. The Hall–Kier alpha value is -1.95. The minimum Gasteiger partial charge on any atom is -0.508 e. The van der Waals surface area contributed by atoms with E-state index in [4.69, 9.17) is 15.2 Å². The van der Waals surface area contributed by atoms with Crippen LogP contribution in [0, 0.1) is 0 Å². The molecule has 0 heterocycles. The topological polar surface area (TPSA) is 93.8 Å². The van der Waals surface area contributed by atoms with Gasteiger partial charge in [0.05, 0.1) is 7.11 Å². The fourth-order valence-electron chi connectivity index (χ4n) is 1.79. The highest BCUT2D eigenvalue weighted by Crippen LogP contribution is 2.24. The van der Waals surface area contributed by atoms with Gasteiger partial charge in [-0.25, -0.2) is 4.79 Å². The number of phenolic OH excluding ortho intramolecular Hbond substituents is 1. The van der Waals surface area contributed by atoms with E-state index in [9.17, 15) is 9.90 Å². The number of amides is 1. The van der Waals surface area contributed by atoms with Gasteiger partial charge in [-0.1, -0.05) is 0 Å². The lowest BCUT2D eigenvalue weighted by Crippen LogP contribution is -2.44. The number of alkyl carbamates (subject to hydrolysis) is 1. The van der Waals surface area contributed by atoms with Crippen LogP contribution in [0.5, 0.6) is 11.5 Å². The maximum Gasteiger partial charge on any atom is 0.407 e. The molecule has 6 heteroatoms. The van der Waals surface area contributed by atoms with Gasteiger partial charge in [0.25, 0.3) is 0 Å². The summed E-state index contributed by atoms with van der Waals surface area (Å²) in [4.78, 5) is 11.8. The SMILES string of the molecule is COc1ccc(O)c(CC(CN)NC(=O)OC(C)(C)C)c1. The first-order valence-corrected chi connectivity index (χ1v) is 6.80. The predicted octanol–water partition coefficient (Wildman–Crippen LogP) is 1.80. The van der Waals surface area contributed by atoms with Crippen molar-refractivity contribution in [2.75, 3.05) is 13.7 Å². The van der Waals surface area contributed by atoms with Gasteiger partial charge in [0, 0.05) is 12.6 Å². The number of rotatable bonds is 5. The first kappa shape index (κ1) is 17.1. The molecule has 0 saturated heterocycles. The predicted molar refractivity (Wildman–Crippen MR) is 80.6 cm³/mol. The average Bonchev–Trinajstić information content (AvgIpc) is 2.38. The highest BCUT2D eigenvalue weighted by Gasteiger charge is 2.20. The quantitative estimate of drug-likeness (QED) is 0.770. The third kappa shape index (κ3) is 5.91. The normalized spacial score (nSPS) is 12.6. The van der Waals surface area contributed by atoms with Gasteiger partial charge in [-0.05, 0) is 51.0 Å². The summed E-state index contributed by atoms with van der Waals surface area (Å²) in [7, 11) is 1.55. The maximum atomic E-state index is 11.8. The number of carbonyl (C=O) groups is 1. The molecule has 1 atom stereocenters. The molecule has 0 radical (unpaired) electrons. The van der Waals surface area contributed by atoms with Crippen molar-refractivity contribution in [3.05, 3.63) is 23.8 Å². The zero-order chi connectivity index (χ0) is 16.0. The Labute approximate surface area is 125 Å². The van der Waals surface area contributed by atoms with Crippen LogP contribution in [-0.2, 0) is 11.2 Å². The standard InChI is InChI=1S/C15H24N2O4/c1-15(2,3)21-14(19)17-11(9-16)7-10-8-12(20-4)5-6-13(10)18/h5-6,8,11,18H,7,9,16H2,1-4H3,(H,17,19). The molecule has 1 rings (SSSR count). The fourth-order valence-corrected chi connectivity index (χ4v) is 1.79. The lowest BCUT2D eigenvalue weighted by atomic mass is 10.0. The van der Waals surface area contributed by atoms with Gasteiger partial charge in [-0.2, -0.15) is 0 Å². The number of methoxy groups -OCH3 is 1. The van der Waals surface area contributed by atoms with E-state index in [0.717, 1.165) is 0 Å². The van der Waals surface area contributed by atoms with Gasteiger partial charge < -0.3 is 25.6 Å². The lowest BCUT2D eigenvalue weighted by molar-refractivity contribution is 0.0505. The van der Waals surface area contributed by atoms with E-state index >= 15 is 0 Å². The smallest absolute Gasteiger partial charge is 0.407 e. The maximum absolute atomic E-state index is 11.8.